The monoisotopic (exact) mass is 357 g/mol. The lowest BCUT2D eigenvalue weighted by Gasteiger charge is -2.19. The number of aliphatic hydroxyl groups excluding tert-OH is 1. The Balaban J connectivity index is 0.00000128. The minimum absolute atomic E-state index is 0. The molecule has 1 aromatic rings. The second kappa shape index (κ2) is 5.62. The quantitative estimate of drug-likeness (QED) is 0.817. The summed E-state index contributed by atoms with van der Waals surface area (Å²) in [6, 6.07) is 4.19. The predicted molar refractivity (Wildman–Crippen MR) is 72.0 cm³/mol. The topological polar surface area (TPSA) is 46.2 Å². The van der Waals surface area contributed by atoms with Crippen molar-refractivity contribution in [2.24, 2.45) is 11.7 Å². The Hall–Kier alpha value is 0.0900. The molecular weight excluding hydrogens is 343 g/mol. The van der Waals surface area contributed by atoms with Crippen molar-refractivity contribution in [3.05, 3.63) is 33.1 Å². The van der Waals surface area contributed by atoms with E-state index in [0.29, 0.717) is 5.56 Å². The third-order valence-electron chi connectivity index (χ3n) is 2.79. The van der Waals surface area contributed by atoms with E-state index in [4.69, 9.17) is 5.73 Å². The molecular formula is C11H14ClFINO. The molecule has 1 saturated carbocycles. The molecule has 0 saturated heterocycles. The van der Waals surface area contributed by atoms with Crippen LogP contribution in [0, 0.1) is 15.3 Å². The van der Waals surface area contributed by atoms with Gasteiger partial charge in [-0.25, -0.2) is 4.39 Å². The number of aliphatic hydroxyl groups is 1. The fourth-order valence-electron chi connectivity index (χ4n) is 1.68. The van der Waals surface area contributed by atoms with Crippen molar-refractivity contribution < 1.29 is 9.50 Å². The Kier molecular flexibility index (Phi) is 4.97. The van der Waals surface area contributed by atoms with E-state index in [0.717, 1.165) is 16.4 Å². The van der Waals surface area contributed by atoms with Gasteiger partial charge in [-0.2, -0.15) is 0 Å². The van der Waals surface area contributed by atoms with Gasteiger partial charge in [-0.05, 0) is 59.5 Å². The fourth-order valence-corrected chi connectivity index (χ4v) is 2.20. The molecule has 2 atom stereocenters. The van der Waals surface area contributed by atoms with Gasteiger partial charge < -0.3 is 10.8 Å². The number of rotatable bonds is 3. The van der Waals surface area contributed by atoms with Crippen molar-refractivity contribution in [3.63, 3.8) is 0 Å². The minimum atomic E-state index is -0.613. The molecule has 1 fully saturated rings. The molecule has 0 bridgehead atoms. The zero-order valence-electron chi connectivity index (χ0n) is 8.57. The molecule has 0 spiro atoms. The van der Waals surface area contributed by atoms with Crippen LogP contribution in [-0.2, 0) is 0 Å². The summed E-state index contributed by atoms with van der Waals surface area (Å²) in [6.07, 6.45) is 1.39. The van der Waals surface area contributed by atoms with Crippen LogP contribution in [-0.4, -0.2) is 11.2 Å². The standard InChI is InChI=1S/C11H13FINO.ClH/c12-9-4-3-7(13)5-8(9)10(14)11(15)6-1-2-6;/h3-6,10-11,15H,1-2,14H2;1H/t10-,11+;/m1./s1. The third-order valence-corrected chi connectivity index (χ3v) is 3.46. The van der Waals surface area contributed by atoms with Gasteiger partial charge in [0, 0.05) is 9.13 Å². The molecule has 0 aromatic heterocycles. The third kappa shape index (κ3) is 3.06. The highest BCUT2D eigenvalue weighted by molar-refractivity contribution is 14.1. The summed E-state index contributed by atoms with van der Waals surface area (Å²) in [5.74, 6) is -0.0696. The highest BCUT2D eigenvalue weighted by Gasteiger charge is 2.35. The number of hydrogen-bond donors (Lipinski definition) is 2. The minimum Gasteiger partial charge on any atom is -0.391 e. The Bertz CT molecular complexity index is 373. The van der Waals surface area contributed by atoms with E-state index >= 15 is 0 Å². The molecule has 0 radical (unpaired) electrons. The van der Waals surface area contributed by atoms with Crippen LogP contribution in [0.3, 0.4) is 0 Å². The molecule has 1 aromatic carbocycles. The first kappa shape index (κ1) is 14.2. The molecule has 90 valence electrons. The SMILES string of the molecule is Cl.N[C@H](c1cc(I)ccc1F)[C@@H](O)C1CC1. The van der Waals surface area contributed by atoms with Gasteiger partial charge in [-0.1, -0.05) is 0 Å². The average Bonchev–Trinajstić information content (AvgIpc) is 3.03. The van der Waals surface area contributed by atoms with Crippen LogP contribution < -0.4 is 5.73 Å². The molecule has 1 aliphatic rings. The molecule has 0 amide bonds. The highest BCUT2D eigenvalue weighted by atomic mass is 127. The van der Waals surface area contributed by atoms with E-state index in [1.807, 2.05) is 0 Å². The van der Waals surface area contributed by atoms with Crippen molar-refractivity contribution >= 4 is 35.0 Å². The number of benzene rings is 1. The molecule has 0 aliphatic heterocycles. The maximum atomic E-state index is 13.5. The van der Waals surface area contributed by atoms with E-state index in [-0.39, 0.29) is 24.1 Å². The van der Waals surface area contributed by atoms with E-state index in [1.165, 1.54) is 6.07 Å². The zero-order chi connectivity index (χ0) is 11.0. The Morgan fingerprint density at radius 1 is 1.44 bits per heavy atom. The fraction of sp³-hybridized carbons (Fsp3) is 0.455. The van der Waals surface area contributed by atoms with Crippen LogP contribution >= 0.6 is 35.0 Å². The summed E-state index contributed by atoms with van der Waals surface area (Å²) < 4.78 is 14.4. The van der Waals surface area contributed by atoms with Gasteiger partial charge in [0.15, 0.2) is 0 Å². The Labute approximate surface area is 114 Å². The van der Waals surface area contributed by atoms with Crippen LogP contribution in [0.5, 0.6) is 0 Å². The summed E-state index contributed by atoms with van der Waals surface area (Å²) in [4.78, 5) is 0. The lowest BCUT2D eigenvalue weighted by atomic mass is 9.99. The summed E-state index contributed by atoms with van der Waals surface area (Å²) in [5.41, 5.74) is 6.27. The largest absolute Gasteiger partial charge is 0.391 e. The van der Waals surface area contributed by atoms with E-state index in [1.54, 1.807) is 12.1 Å². The number of nitrogens with two attached hydrogens (primary N) is 1. The summed E-state index contributed by atoms with van der Waals surface area (Å²) in [6.45, 7) is 0. The van der Waals surface area contributed by atoms with Crippen molar-refractivity contribution in [1.82, 2.24) is 0 Å². The maximum Gasteiger partial charge on any atom is 0.128 e. The molecule has 2 rings (SSSR count). The smallest absolute Gasteiger partial charge is 0.128 e. The maximum absolute atomic E-state index is 13.5. The van der Waals surface area contributed by atoms with Crippen LogP contribution in [0.25, 0.3) is 0 Å². The van der Waals surface area contributed by atoms with Crippen molar-refractivity contribution in [1.29, 1.82) is 0 Å². The van der Waals surface area contributed by atoms with E-state index in [2.05, 4.69) is 22.6 Å². The molecule has 0 heterocycles. The van der Waals surface area contributed by atoms with Gasteiger partial charge in [0.05, 0.1) is 12.1 Å². The number of halogens is 3. The van der Waals surface area contributed by atoms with Crippen LogP contribution in [0.1, 0.15) is 24.4 Å². The van der Waals surface area contributed by atoms with Gasteiger partial charge in [-0.3, -0.25) is 0 Å². The zero-order valence-corrected chi connectivity index (χ0v) is 11.5. The second-order valence-electron chi connectivity index (χ2n) is 4.02. The molecule has 3 N–H and O–H groups in total. The summed E-state index contributed by atoms with van der Waals surface area (Å²) in [7, 11) is 0. The second-order valence-corrected chi connectivity index (χ2v) is 5.27. The lowest BCUT2D eigenvalue weighted by Crippen LogP contribution is -2.28. The van der Waals surface area contributed by atoms with Gasteiger partial charge in [0.1, 0.15) is 5.82 Å². The van der Waals surface area contributed by atoms with E-state index < -0.39 is 12.1 Å². The van der Waals surface area contributed by atoms with Gasteiger partial charge in [0.2, 0.25) is 0 Å². The van der Waals surface area contributed by atoms with Crippen LogP contribution in [0.2, 0.25) is 0 Å². The van der Waals surface area contributed by atoms with Gasteiger partial charge in [0.25, 0.3) is 0 Å². The Morgan fingerprint density at radius 2 is 2.06 bits per heavy atom. The molecule has 1 aliphatic carbocycles. The molecule has 2 nitrogen and oxygen atoms in total. The molecule has 0 unspecified atom stereocenters. The first-order valence-electron chi connectivity index (χ1n) is 4.98. The van der Waals surface area contributed by atoms with Crippen molar-refractivity contribution in [3.8, 4) is 0 Å². The first-order valence-corrected chi connectivity index (χ1v) is 6.06. The van der Waals surface area contributed by atoms with Crippen molar-refractivity contribution in [2.75, 3.05) is 0 Å². The normalized spacial score (nSPS) is 18.8. The van der Waals surface area contributed by atoms with Gasteiger partial charge >= 0.3 is 0 Å². The molecule has 5 heteroatoms. The summed E-state index contributed by atoms with van der Waals surface area (Å²) >= 11 is 2.11. The van der Waals surface area contributed by atoms with E-state index in [9.17, 15) is 9.50 Å². The average molecular weight is 358 g/mol. The predicted octanol–water partition coefficient (Wildman–Crippen LogP) is 2.62. The number of hydrogen-bond acceptors (Lipinski definition) is 2. The Morgan fingerprint density at radius 3 is 2.62 bits per heavy atom. The first-order chi connectivity index (χ1) is 7.09. The highest BCUT2D eigenvalue weighted by Crippen LogP contribution is 2.37. The molecule has 16 heavy (non-hydrogen) atoms. The van der Waals surface area contributed by atoms with Crippen LogP contribution in [0.4, 0.5) is 4.39 Å². The van der Waals surface area contributed by atoms with Crippen molar-refractivity contribution in [2.45, 2.75) is 25.0 Å². The lowest BCUT2D eigenvalue weighted by molar-refractivity contribution is 0.121. The summed E-state index contributed by atoms with van der Waals surface area (Å²) in [5, 5.41) is 9.83. The van der Waals surface area contributed by atoms with Gasteiger partial charge in [-0.15, -0.1) is 12.4 Å². The van der Waals surface area contributed by atoms with Crippen LogP contribution in [0.15, 0.2) is 18.2 Å².